The number of carboxylic acid groups (broad SMARTS) is 2. The zero-order chi connectivity index (χ0) is 20.9. The van der Waals surface area contributed by atoms with Gasteiger partial charge in [-0.1, -0.05) is 0 Å². The quantitative estimate of drug-likeness (QED) is 0.387. The van der Waals surface area contributed by atoms with Crippen LogP contribution in [0.15, 0.2) is 4.99 Å². The van der Waals surface area contributed by atoms with E-state index in [0.717, 1.165) is 0 Å². The first-order valence-corrected chi connectivity index (χ1v) is 8.21. The Balaban J connectivity index is 2.14. The van der Waals surface area contributed by atoms with Crippen LogP contribution in [0.3, 0.4) is 0 Å². The van der Waals surface area contributed by atoms with Crippen molar-refractivity contribution < 1.29 is 48.3 Å². The fourth-order valence-corrected chi connectivity index (χ4v) is 3.04. The van der Waals surface area contributed by atoms with Crippen molar-refractivity contribution >= 4 is 30.6 Å². The van der Waals surface area contributed by atoms with Crippen molar-refractivity contribution in [2.24, 2.45) is 4.99 Å². The van der Waals surface area contributed by atoms with E-state index in [-0.39, 0.29) is 19.6 Å². The van der Waals surface area contributed by atoms with Crippen LogP contribution in [0.25, 0.3) is 4.85 Å². The lowest BCUT2D eigenvalue weighted by Crippen LogP contribution is -2.55. The lowest BCUT2D eigenvalue weighted by Gasteiger charge is -2.26. The number of rotatable bonds is 9. The summed E-state index contributed by atoms with van der Waals surface area (Å²) in [6.07, 6.45) is -4.01. The molecule has 2 N–H and O–H groups in total. The molecule has 2 aliphatic rings. The Bertz CT molecular complexity index is 731. The Hall–Kier alpha value is -3.04. The van der Waals surface area contributed by atoms with E-state index in [1.165, 1.54) is 0 Å². The van der Waals surface area contributed by atoms with E-state index in [4.69, 9.17) is 35.7 Å². The van der Waals surface area contributed by atoms with E-state index >= 15 is 0 Å². The molecule has 0 unspecified atom stereocenters. The zero-order valence-electron chi connectivity index (χ0n) is 14.7. The van der Waals surface area contributed by atoms with Gasteiger partial charge in [0.2, 0.25) is 6.10 Å². The summed E-state index contributed by atoms with van der Waals surface area (Å²) in [6, 6.07) is 0. The fraction of sp³-hybridized carbons (Fsp3) is 0.625. The summed E-state index contributed by atoms with van der Waals surface area (Å²) in [6.45, 7) is 8.33. The Morgan fingerprint density at radius 2 is 1.50 bits per heavy atom. The van der Waals surface area contributed by atoms with E-state index in [1.807, 2.05) is 0 Å². The molecule has 12 nitrogen and oxygen atoms in total. The van der Waals surface area contributed by atoms with Crippen LogP contribution in [0, 0.1) is 6.57 Å². The predicted molar refractivity (Wildman–Crippen MR) is 88.7 cm³/mol. The number of esters is 2. The topological polar surface area (TPSA) is 162 Å². The summed E-state index contributed by atoms with van der Waals surface area (Å²) < 4.78 is 21.5. The minimum Gasteiger partial charge on any atom is -0.481 e. The highest BCUT2D eigenvalue weighted by Gasteiger charge is 2.83. The molecule has 4 atom stereocenters. The van der Waals surface area contributed by atoms with Gasteiger partial charge in [0.05, 0.1) is 38.9 Å². The smallest absolute Gasteiger partial charge is 0.476 e. The first-order chi connectivity index (χ1) is 13.2. The molecular weight excluding hydrogens is 380 g/mol. The van der Waals surface area contributed by atoms with Crippen molar-refractivity contribution in [2.45, 2.75) is 49.3 Å². The maximum atomic E-state index is 11.9. The number of ether oxygens (including phenoxy) is 4. The molecule has 2 saturated heterocycles. The van der Waals surface area contributed by atoms with Gasteiger partial charge in [0, 0.05) is 0 Å². The molecule has 2 heterocycles. The van der Waals surface area contributed by atoms with Crippen LogP contribution < -0.4 is 0 Å². The van der Waals surface area contributed by atoms with Gasteiger partial charge < -0.3 is 24.4 Å². The number of carbonyl (C=O) groups is 4. The number of hydrogen-bond donors (Lipinski definition) is 2. The number of aliphatic carboxylic acids is 2. The van der Waals surface area contributed by atoms with Gasteiger partial charge in [-0.2, -0.15) is 0 Å². The van der Waals surface area contributed by atoms with Crippen molar-refractivity contribution in [3.63, 3.8) is 0 Å². The average molecular weight is 399 g/mol. The van der Waals surface area contributed by atoms with Crippen molar-refractivity contribution in [1.82, 2.24) is 0 Å². The summed E-state index contributed by atoms with van der Waals surface area (Å²) >= 11 is 0. The molecule has 0 aromatic heterocycles. The number of aliphatic imine (C=N–C) groups is 1. The lowest BCUT2D eigenvalue weighted by atomic mass is 9.95. The zero-order valence-corrected chi connectivity index (χ0v) is 14.7. The third kappa shape index (κ3) is 3.80. The van der Waals surface area contributed by atoms with E-state index in [2.05, 4.69) is 16.6 Å². The predicted octanol–water partition coefficient (Wildman–Crippen LogP) is -0.344. The highest BCUT2D eigenvalue weighted by Crippen LogP contribution is 2.50. The Morgan fingerprint density at radius 3 is 1.96 bits per heavy atom. The summed E-state index contributed by atoms with van der Waals surface area (Å²) in [4.78, 5) is 52.4. The second-order valence-electron chi connectivity index (χ2n) is 6.05. The Kier molecular flexibility index (Phi) is 6.32. The van der Waals surface area contributed by atoms with Gasteiger partial charge >= 0.3 is 35.3 Å². The largest absolute Gasteiger partial charge is 0.481 e. The van der Waals surface area contributed by atoms with E-state index in [9.17, 15) is 19.2 Å². The molecule has 0 aromatic rings. The van der Waals surface area contributed by atoms with Gasteiger partial charge in [-0.3, -0.25) is 28.9 Å². The molecule has 0 saturated carbocycles. The number of carboxylic acids is 2. The first-order valence-electron chi connectivity index (χ1n) is 8.21. The lowest BCUT2D eigenvalue weighted by molar-refractivity contribution is -0.165. The van der Waals surface area contributed by atoms with Gasteiger partial charge in [-0.05, 0) is 11.6 Å². The second kappa shape index (κ2) is 8.32. The number of fused-ring (bicyclic) bond motifs is 1. The Morgan fingerprint density at radius 1 is 1.00 bits per heavy atom. The first kappa shape index (κ1) is 21.3. The highest BCUT2D eigenvalue weighted by molar-refractivity contribution is 5.77. The third-order valence-electron chi connectivity index (χ3n) is 4.36. The van der Waals surface area contributed by atoms with Gasteiger partial charge in [-0.25, -0.2) is 0 Å². The second-order valence-corrected chi connectivity index (χ2v) is 6.05. The van der Waals surface area contributed by atoms with Crippen LogP contribution >= 0.6 is 0 Å². The van der Waals surface area contributed by atoms with Crippen LogP contribution in [0.5, 0.6) is 0 Å². The van der Waals surface area contributed by atoms with E-state index in [0.29, 0.717) is 0 Å². The molecule has 2 aliphatic heterocycles. The standard InChI is InChI=1S/C16H18N2O10/c1-17-15-9(27-13(23)5-3-11(19)20)7-26-16(15,18-2)10(8-25-15)28-14(24)6-4-12(21)22/h1,9-10H,2-8H2,(H-,19,20,21,22)/p+1/t9-,10-,15+,16+/m0/s1. The molecule has 2 rings (SSSR count). The summed E-state index contributed by atoms with van der Waals surface area (Å²) in [5, 5.41) is 17.3. The SMILES string of the molecule is C#[N+][C@]12OC[C@H](OC(=O)CCC(=O)O)[C@@]1(N=C)OC[C@@H]2OC(=O)CCC(=O)O. The van der Waals surface area contributed by atoms with Crippen LogP contribution in [-0.4, -0.2) is 77.7 Å². The Labute approximate surface area is 158 Å². The minimum atomic E-state index is -1.86. The van der Waals surface area contributed by atoms with Crippen LogP contribution in [-0.2, 0) is 38.1 Å². The van der Waals surface area contributed by atoms with Crippen molar-refractivity contribution in [3.05, 3.63) is 4.85 Å². The van der Waals surface area contributed by atoms with Gasteiger partial charge in [-0.15, -0.1) is 0 Å². The van der Waals surface area contributed by atoms with E-state index in [1.54, 1.807) is 0 Å². The molecule has 2 fully saturated rings. The maximum Gasteiger partial charge on any atom is 0.476 e. The van der Waals surface area contributed by atoms with Crippen molar-refractivity contribution in [2.75, 3.05) is 13.2 Å². The van der Waals surface area contributed by atoms with Crippen LogP contribution in [0.1, 0.15) is 25.7 Å². The minimum absolute atomic E-state index is 0.276. The van der Waals surface area contributed by atoms with Crippen LogP contribution in [0.2, 0.25) is 0 Å². The number of carbonyl (C=O) groups excluding carboxylic acids is 2. The number of nitrogens with zero attached hydrogens (tertiary/aromatic N) is 2. The molecule has 152 valence electrons. The summed E-state index contributed by atoms with van der Waals surface area (Å²) in [5.41, 5.74) is -3.66. The molecule has 12 heteroatoms. The van der Waals surface area contributed by atoms with Crippen LogP contribution in [0.4, 0.5) is 0 Å². The molecule has 0 spiro atoms. The highest BCUT2D eigenvalue weighted by atomic mass is 16.7. The molecule has 28 heavy (non-hydrogen) atoms. The molecule has 0 radical (unpaired) electrons. The van der Waals surface area contributed by atoms with Gasteiger partial charge in [0.25, 0.3) is 6.57 Å². The molecular formula is C16H19N2O10+. The average Bonchev–Trinajstić information content (AvgIpc) is 3.12. The number of hydrogen-bond acceptors (Lipinski definition) is 9. The van der Waals surface area contributed by atoms with Crippen molar-refractivity contribution in [3.8, 4) is 6.57 Å². The van der Waals surface area contributed by atoms with Gasteiger partial charge in [0.15, 0.2) is 6.10 Å². The van der Waals surface area contributed by atoms with Crippen molar-refractivity contribution in [1.29, 1.82) is 0 Å². The monoisotopic (exact) mass is 399 g/mol. The molecule has 0 amide bonds. The summed E-state index contributed by atoms with van der Waals surface area (Å²) in [5.74, 6) is -4.03. The maximum absolute atomic E-state index is 11.9. The molecule has 0 aromatic carbocycles. The molecule has 0 aliphatic carbocycles. The normalized spacial score (nSPS) is 30.7. The van der Waals surface area contributed by atoms with Gasteiger partial charge in [0.1, 0.15) is 0 Å². The van der Waals surface area contributed by atoms with E-state index < -0.39 is 66.8 Å². The molecule has 0 bridgehead atoms. The fourth-order valence-electron chi connectivity index (χ4n) is 3.04. The summed E-state index contributed by atoms with van der Waals surface area (Å²) in [7, 11) is 0. The third-order valence-corrected chi connectivity index (χ3v) is 4.36.